The van der Waals surface area contributed by atoms with Crippen molar-refractivity contribution in [3.05, 3.63) is 95.6 Å². The van der Waals surface area contributed by atoms with Crippen LogP contribution in [0.15, 0.2) is 78.9 Å². The van der Waals surface area contributed by atoms with Gasteiger partial charge in [-0.05, 0) is 53.9 Å². The average Bonchev–Trinajstić information content (AvgIpc) is 3.20. The third-order valence-electron chi connectivity index (χ3n) is 4.91. The van der Waals surface area contributed by atoms with Gasteiger partial charge in [-0.2, -0.15) is 0 Å². The predicted molar refractivity (Wildman–Crippen MR) is 112 cm³/mol. The lowest BCUT2D eigenvalue weighted by Gasteiger charge is -2.13. The topological polar surface area (TPSA) is 67.4 Å². The number of amides is 2. The summed E-state index contributed by atoms with van der Waals surface area (Å²) in [5.74, 6) is 0.593. The van der Waals surface area contributed by atoms with E-state index in [0.717, 1.165) is 17.5 Å². The minimum absolute atomic E-state index is 0.0143. The quantitative estimate of drug-likeness (QED) is 0.657. The second-order valence-corrected chi connectivity index (χ2v) is 7.04. The molecule has 2 N–H and O–H groups in total. The van der Waals surface area contributed by atoms with E-state index in [0.29, 0.717) is 30.0 Å². The molecule has 4 rings (SSSR count). The summed E-state index contributed by atoms with van der Waals surface area (Å²) in [4.78, 5) is 24.0. The zero-order chi connectivity index (χ0) is 20.1. The molecule has 0 bridgehead atoms. The Balaban J connectivity index is 1.36. The van der Waals surface area contributed by atoms with Crippen molar-refractivity contribution < 1.29 is 14.3 Å². The molecule has 0 radical (unpaired) electrons. The summed E-state index contributed by atoms with van der Waals surface area (Å²) in [5.41, 5.74) is 3.35. The lowest BCUT2D eigenvalue weighted by atomic mass is 10.0. The molecule has 0 aliphatic carbocycles. The Morgan fingerprint density at radius 1 is 1.00 bits per heavy atom. The van der Waals surface area contributed by atoms with Gasteiger partial charge in [0.2, 0.25) is 5.91 Å². The fourth-order valence-corrected chi connectivity index (χ4v) is 3.34. The molecule has 1 saturated heterocycles. The van der Waals surface area contributed by atoms with Gasteiger partial charge < -0.3 is 15.4 Å². The Labute approximate surface area is 169 Å². The molecular formula is C24H22N2O3. The number of carbonyl (C=O) groups excluding carboxylic acids is 2. The van der Waals surface area contributed by atoms with Crippen LogP contribution in [0.5, 0.6) is 5.75 Å². The summed E-state index contributed by atoms with van der Waals surface area (Å²) < 4.78 is 5.76. The molecule has 5 nitrogen and oxygen atoms in total. The number of anilines is 1. The molecule has 2 amide bonds. The average molecular weight is 386 g/mol. The first-order chi connectivity index (χ1) is 14.2. The molecule has 1 unspecified atom stereocenters. The Morgan fingerprint density at radius 2 is 1.79 bits per heavy atom. The van der Waals surface area contributed by atoms with Crippen molar-refractivity contribution in [3.8, 4) is 5.75 Å². The molecule has 5 heteroatoms. The highest BCUT2D eigenvalue weighted by Crippen LogP contribution is 2.26. The Hall–Kier alpha value is -3.60. The standard InChI is InChI=1S/C24H22N2O3/c27-23-14-13-22(26-23)19-7-4-8-20(15-19)25-24(28)18-9-11-21(12-10-18)29-16-17-5-2-1-3-6-17/h1-12,15,22H,13-14,16H2,(H,25,28)(H,26,27). The maximum Gasteiger partial charge on any atom is 0.255 e. The van der Waals surface area contributed by atoms with Gasteiger partial charge >= 0.3 is 0 Å². The Morgan fingerprint density at radius 3 is 2.52 bits per heavy atom. The first-order valence-electron chi connectivity index (χ1n) is 9.65. The van der Waals surface area contributed by atoms with E-state index in [1.807, 2.05) is 54.6 Å². The number of nitrogens with one attached hydrogen (secondary N) is 2. The molecule has 1 aliphatic rings. The van der Waals surface area contributed by atoms with Crippen LogP contribution in [0.1, 0.15) is 40.4 Å². The first kappa shape index (κ1) is 18.7. The number of hydrogen-bond donors (Lipinski definition) is 2. The van der Waals surface area contributed by atoms with Gasteiger partial charge in [-0.15, -0.1) is 0 Å². The summed E-state index contributed by atoms with van der Waals surface area (Å²) in [7, 11) is 0. The molecule has 1 aliphatic heterocycles. The van der Waals surface area contributed by atoms with E-state index >= 15 is 0 Å². The zero-order valence-electron chi connectivity index (χ0n) is 15.9. The normalized spacial score (nSPS) is 15.6. The van der Waals surface area contributed by atoms with Crippen molar-refractivity contribution in [3.63, 3.8) is 0 Å². The van der Waals surface area contributed by atoms with Gasteiger partial charge in [0, 0.05) is 17.7 Å². The van der Waals surface area contributed by atoms with Crippen LogP contribution in [0.4, 0.5) is 5.69 Å². The molecule has 0 saturated carbocycles. The second-order valence-electron chi connectivity index (χ2n) is 7.04. The van der Waals surface area contributed by atoms with Gasteiger partial charge in [0.25, 0.3) is 5.91 Å². The largest absolute Gasteiger partial charge is 0.489 e. The lowest BCUT2D eigenvalue weighted by molar-refractivity contribution is -0.119. The van der Waals surface area contributed by atoms with Crippen molar-refractivity contribution in [1.29, 1.82) is 0 Å². The molecular weight excluding hydrogens is 364 g/mol. The molecule has 3 aromatic rings. The van der Waals surface area contributed by atoms with Crippen molar-refractivity contribution in [1.82, 2.24) is 5.32 Å². The van der Waals surface area contributed by atoms with Crippen molar-refractivity contribution in [2.75, 3.05) is 5.32 Å². The summed E-state index contributed by atoms with van der Waals surface area (Å²) in [5, 5.41) is 5.86. The lowest BCUT2D eigenvalue weighted by Crippen LogP contribution is -2.18. The number of benzene rings is 3. The highest BCUT2D eigenvalue weighted by atomic mass is 16.5. The number of rotatable bonds is 6. The van der Waals surface area contributed by atoms with Crippen LogP contribution in [-0.4, -0.2) is 11.8 Å². The van der Waals surface area contributed by atoms with Gasteiger partial charge in [-0.3, -0.25) is 9.59 Å². The molecule has 146 valence electrons. The third kappa shape index (κ3) is 4.82. The van der Waals surface area contributed by atoms with Gasteiger partial charge in [-0.25, -0.2) is 0 Å². The molecule has 0 spiro atoms. The molecule has 29 heavy (non-hydrogen) atoms. The van der Waals surface area contributed by atoms with Crippen LogP contribution >= 0.6 is 0 Å². The van der Waals surface area contributed by atoms with Crippen LogP contribution in [0.3, 0.4) is 0 Å². The highest BCUT2D eigenvalue weighted by Gasteiger charge is 2.22. The van der Waals surface area contributed by atoms with E-state index in [1.165, 1.54) is 0 Å². The molecule has 3 aromatic carbocycles. The van der Waals surface area contributed by atoms with Crippen molar-refractivity contribution >= 4 is 17.5 Å². The van der Waals surface area contributed by atoms with Crippen LogP contribution in [0.2, 0.25) is 0 Å². The summed E-state index contributed by atoms with van der Waals surface area (Å²) in [6, 6.07) is 24.6. The fourth-order valence-electron chi connectivity index (χ4n) is 3.34. The van der Waals surface area contributed by atoms with Crippen LogP contribution in [0, 0.1) is 0 Å². The van der Waals surface area contributed by atoms with Crippen molar-refractivity contribution in [2.45, 2.75) is 25.5 Å². The Bertz CT molecular complexity index is 1000. The molecule has 1 fully saturated rings. The monoisotopic (exact) mass is 386 g/mol. The number of carbonyl (C=O) groups is 2. The van der Waals surface area contributed by atoms with Crippen LogP contribution < -0.4 is 15.4 Å². The number of hydrogen-bond acceptors (Lipinski definition) is 3. The summed E-state index contributed by atoms with van der Waals surface area (Å²) in [6.45, 7) is 0.483. The first-order valence-corrected chi connectivity index (χ1v) is 9.65. The zero-order valence-corrected chi connectivity index (χ0v) is 15.9. The smallest absolute Gasteiger partial charge is 0.255 e. The summed E-state index contributed by atoms with van der Waals surface area (Å²) >= 11 is 0. The van der Waals surface area contributed by atoms with Gasteiger partial charge in [0.1, 0.15) is 12.4 Å². The van der Waals surface area contributed by atoms with E-state index < -0.39 is 0 Å². The summed E-state index contributed by atoms with van der Waals surface area (Å²) in [6.07, 6.45) is 1.32. The van der Waals surface area contributed by atoms with Crippen LogP contribution in [0.25, 0.3) is 0 Å². The molecule has 1 heterocycles. The van der Waals surface area contributed by atoms with Gasteiger partial charge in [0.15, 0.2) is 0 Å². The number of ether oxygens (including phenoxy) is 1. The van der Waals surface area contributed by atoms with E-state index in [1.54, 1.807) is 24.3 Å². The van der Waals surface area contributed by atoms with E-state index in [-0.39, 0.29) is 17.9 Å². The second kappa shape index (κ2) is 8.61. The maximum absolute atomic E-state index is 12.6. The maximum atomic E-state index is 12.6. The molecule has 1 atom stereocenters. The Kier molecular flexibility index (Phi) is 5.56. The third-order valence-corrected chi connectivity index (χ3v) is 4.91. The van der Waals surface area contributed by atoms with Crippen molar-refractivity contribution in [2.24, 2.45) is 0 Å². The van der Waals surface area contributed by atoms with Gasteiger partial charge in [-0.1, -0.05) is 42.5 Å². The minimum atomic E-state index is -0.188. The van der Waals surface area contributed by atoms with Gasteiger partial charge in [0.05, 0.1) is 6.04 Å². The fraction of sp³-hybridized carbons (Fsp3) is 0.167. The van der Waals surface area contributed by atoms with E-state index in [2.05, 4.69) is 10.6 Å². The predicted octanol–water partition coefficient (Wildman–Crippen LogP) is 4.47. The molecule has 0 aromatic heterocycles. The van der Waals surface area contributed by atoms with Crippen LogP contribution in [-0.2, 0) is 11.4 Å². The minimum Gasteiger partial charge on any atom is -0.489 e. The SMILES string of the molecule is O=C1CCC(c2cccc(NC(=O)c3ccc(OCc4ccccc4)cc3)c2)N1. The highest BCUT2D eigenvalue weighted by molar-refractivity contribution is 6.04. The van der Waals surface area contributed by atoms with E-state index in [9.17, 15) is 9.59 Å². The van der Waals surface area contributed by atoms with E-state index in [4.69, 9.17) is 4.74 Å².